The van der Waals surface area contributed by atoms with Crippen LogP contribution in [0.1, 0.15) is 19.4 Å². The molecule has 0 aromatic heterocycles. The Morgan fingerprint density at radius 3 is 2.69 bits per heavy atom. The number of carbonyl (C=O) groups is 2. The van der Waals surface area contributed by atoms with Gasteiger partial charge in [0.25, 0.3) is 5.91 Å². The number of amides is 2. The minimum absolute atomic E-state index is 0.0714. The highest BCUT2D eigenvalue weighted by Gasteiger charge is 2.39. The normalized spacial score (nSPS) is 15.1. The van der Waals surface area contributed by atoms with E-state index >= 15 is 0 Å². The van der Waals surface area contributed by atoms with E-state index < -0.39 is 5.54 Å². The Bertz CT molecular complexity index is 861. The van der Waals surface area contributed by atoms with Crippen molar-refractivity contribution < 1.29 is 14.3 Å². The fraction of sp³-hybridized carbons (Fsp3) is 0.300. The van der Waals surface area contributed by atoms with Crippen LogP contribution in [0.15, 0.2) is 42.5 Å². The van der Waals surface area contributed by atoms with Gasteiger partial charge in [-0.2, -0.15) is 0 Å². The van der Waals surface area contributed by atoms with E-state index in [0.717, 1.165) is 11.3 Å². The minimum atomic E-state index is -0.782. The molecule has 6 heteroatoms. The molecule has 0 atom stereocenters. The number of fused-ring (bicyclic) bond motifs is 1. The van der Waals surface area contributed by atoms with Gasteiger partial charge in [-0.3, -0.25) is 14.5 Å². The number of ether oxygens (including phenoxy) is 1. The molecule has 136 valence electrons. The molecule has 0 fully saturated rings. The standard InChI is InChI=1S/C20H23N3O3/c1-13-9-10-17(26-4)15(11-13)21-18(24)12-23-16-8-6-5-7-14(16)22-20(2,3)19(23)25/h5-11,22H,12H2,1-4H3,(H,21,24). The van der Waals surface area contributed by atoms with Gasteiger partial charge >= 0.3 is 0 Å². The Morgan fingerprint density at radius 2 is 1.96 bits per heavy atom. The van der Waals surface area contributed by atoms with Crippen molar-refractivity contribution >= 4 is 28.9 Å². The van der Waals surface area contributed by atoms with Crippen molar-refractivity contribution in [3.63, 3.8) is 0 Å². The first-order valence-electron chi connectivity index (χ1n) is 8.45. The molecular weight excluding hydrogens is 330 g/mol. The predicted molar refractivity (Wildman–Crippen MR) is 103 cm³/mol. The Morgan fingerprint density at radius 1 is 1.23 bits per heavy atom. The maximum atomic E-state index is 12.8. The molecule has 6 nitrogen and oxygen atoms in total. The third-order valence-electron chi connectivity index (χ3n) is 4.35. The Hall–Kier alpha value is -3.02. The van der Waals surface area contributed by atoms with Gasteiger partial charge in [-0.25, -0.2) is 0 Å². The van der Waals surface area contributed by atoms with Crippen molar-refractivity contribution in [2.24, 2.45) is 0 Å². The number of hydrogen-bond donors (Lipinski definition) is 2. The lowest BCUT2D eigenvalue weighted by atomic mass is 9.98. The molecule has 0 spiro atoms. The zero-order valence-corrected chi connectivity index (χ0v) is 15.4. The molecule has 0 radical (unpaired) electrons. The zero-order valence-electron chi connectivity index (χ0n) is 15.4. The summed E-state index contributed by atoms with van der Waals surface area (Å²) in [4.78, 5) is 27.0. The molecule has 0 aliphatic carbocycles. The third kappa shape index (κ3) is 3.35. The smallest absolute Gasteiger partial charge is 0.252 e. The monoisotopic (exact) mass is 353 g/mol. The average Bonchev–Trinajstić information content (AvgIpc) is 2.59. The SMILES string of the molecule is COc1ccc(C)cc1NC(=O)CN1C(=O)C(C)(C)Nc2ccccc21. The number of carbonyl (C=O) groups excluding carboxylic acids is 2. The van der Waals surface area contributed by atoms with Crippen LogP contribution in [0.25, 0.3) is 0 Å². The van der Waals surface area contributed by atoms with Crippen molar-refractivity contribution in [3.05, 3.63) is 48.0 Å². The zero-order chi connectivity index (χ0) is 18.9. The molecule has 2 amide bonds. The molecule has 1 aliphatic rings. The van der Waals surface area contributed by atoms with Crippen molar-refractivity contribution in [2.75, 3.05) is 29.2 Å². The number of nitrogens with one attached hydrogen (secondary N) is 2. The molecule has 3 rings (SSSR count). The van der Waals surface area contributed by atoms with Crippen molar-refractivity contribution in [1.29, 1.82) is 0 Å². The first kappa shape index (κ1) is 17.8. The maximum Gasteiger partial charge on any atom is 0.252 e. The van der Waals surface area contributed by atoms with E-state index in [0.29, 0.717) is 17.1 Å². The average molecular weight is 353 g/mol. The van der Waals surface area contributed by atoms with E-state index in [-0.39, 0.29) is 18.4 Å². The van der Waals surface area contributed by atoms with Gasteiger partial charge in [-0.15, -0.1) is 0 Å². The number of aryl methyl sites for hydroxylation is 1. The van der Waals surface area contributed by atoms with Gasteiger partial charge < -0.3 is 15.4 Å². The summed E-state index contributed by atoms with van der Waals surface area (Å²) in [5.74, 6) is 0.147. The maximum absolute atomic E-state index is 12.8. The Balaban J connectivity index is 1.85. The highest BCUT2D eigenvalue weighted by atomic mass is 16.5. The first-order chi connectivity index (χ1) is 12.3. The molecule has 0 unspecified atom stereocenters. The van der Waals surface area contributed by atoms with Crippen LogP contribution in [0.3, 0.4) is 0 Å². The number of rotatable bonds is 4. The van der Waals surface area contributed by atoms with Gasteiger partial charge in [0.1, 0.15) is 17.8 Å². The fourth-order valence-electron chi connectivity index (χ4n) is 3.06. The predicted octanol–water partition coefficient (Wildman–Crippen LogP) is 3.18. The summed E-state index contributed by atoms with van der Waals surface area (Å²) >= 11 is 0. The van der Waals surface area contributed by atoms with Crippen LogP contribution in [0.4, 0.5) is 17.1 Å². The third-order valence-corrected chi connectivity index (χ3v) is 4.35. The molecule has 0 saturated heterocycles. The molecule has 0 saturated carbocycles. The van der Waals surface area contributed by atoms with Gasteiger partial charge in [0.2, 0.25) is 5.91 Å². The second-order valence-corrected chi connectivity index (χ2v) is 6.91. The first-order valence-corrected chi connectivity index (χ1v) is 8.45. The lowest BCUT2D eigenvalue weighted by Gasteiger charge is -2.39. The van der Waals surface area contributed by atoms with E-state index in [1.54, 1.807) is 27.0 Å². The van der Waals surface area contributed by atoms with Crippen LogP contribution in [-0.4, -0.2) is 31.0 Å². The number of anilines is 3. The lowest BCUT2D eigenvalue weighted by Crippen LogP contribution is -2.55. The molecule has 1 aliphatic heterocycles. The topological polar surface area (TPSA) is 70.7 Å². The highest BCUT2D eigenvalue weighted by Crippen LogP contribution is 2.35. The summed E-state index contributed by atoms with van der Waals surface area (Å²) in [6.45, 7) is 5.48. The van der Waals surface area contributed by atoms with Crippen molar-refractivity contribution in [2.45, 2.75) is 26.3 Å². The van der Waals surface area contributed by atoms with Gasteiger partial charge in [0.05, 0.1) is 24.2 Å². The van der Waals surface area contributed by atoms with Crippen molar-refractivity contribution in [3.8, 4) is 5.75 Å². The van der Waals surface area contributed by atoms with Gasteiger partial charge in [0.15, 0.2) is 0 Å². The summed E-state index contributed by atoms with van der Waals surface area (Å²) in [6, 6.07) is 13.0. The van der Waals surface area contributed by atoms with E-state index in [1.807, 2.05) is 43.3 Å². The number of benzene rings is 2. The quantitative estimate of drug-likeness (QED) is 0.886. The van der Waals surface area contributed by atoms with E-state index in [9.17, 15) is 9.59 Å². The van der Waals surface area contributed by atoms with Crippen LogP contribution in [0.5, 0.6) is 5.75 Å². The van der Waals surface area contributed by atoms with Crippen LogP contribution in [-0.2, 0) is 9.59 Å². The summed E-state index contributed by atoms with van der Waals surface area (Å²) in [7, 11) is 1.55. The summed E-state index contributed by atoms with van der Waals surface area (Å²) in [5, 5.41) is 6.07. The number of methoxy groups -OCH3 is 1. The van der Waals surface area contributed by atoms with Crippen LogP contribution in [0, 0.1) is 6.92 Å². The van der Waals surface area contributed by atoms with Crippen LogP contribution in [0.2, 0.25) is 0 Å². The molecule has 1 heterocycles. The number of hydrogen-bond acceptors (Lipinski definition) is 4. The highest BCUT2D eigenvalue weighted by molar-refractivity contribution is 6.11. The molecule has 0 bridgehead atoms. The summed E-state index contributed by atoms with van der Waals surface area (Å²) in [6.07, 6.45) is 0. The summed E-state index contributed by atoms with van der Waals surface area (Å²) in [5.41, 5.74) is 2.34. The van der Waals surface area contributed by atoms with E-state index in [4.69, 9.17) is 4.74 Å². The second-order valence-electron chi connectivity index (χ2n) is 6.91. The van der Waals surface area contributed by atoms with Gasteiger partial charge in [-0.05, 0) is 50.6 Å². The number of nitrogens with zero attached hydrogens (tertiary/aromatic N) is 1. The number of para-hydroxylation sites is 2. The van der Waals surface area contributed by atoms with E-state index in [1.165, 1.54) is 4.90 Å². The van der Waals surface area contributed by atoms with Crippen molar-refractivity contribution in [1.82, 2.24) is 0 Å². The Kier molecular flexibility index (Phi) is 4.59. The molecule has 2 aromatic rings. The van der Waals surface area contributed by atoms with Gasteiger partial charge in [0, 0.05) is 0 Å². The van der Waals surface area contributed by atoms with E-state index in [2.05, 4.69) is 10.6 Å². The Labute approximate surface area is 153 Å². The molecule has 26 heavy (non-hydrogen) atoms. The van der Waals surface area contributed by atoms with Crippen LogP contribution < -0.4 is 20.3 Å². The lowest BCUT2D eigenvalue weighted by molar-refractivity contribution is -0.124. The largest absolute Gasteiger partial charge is 0.495 e. The minimum Gasteiger partial charge on any atom is -0.495 e. The molecule has 2 aromatic carbocycles. The molecule has 2 N–H and O–H groups in total. The summed E-state index contributed by atoms with van der Waals surface area (Å²) < 4.78 is 5.30. The van der Waals surface area contributed by atoms with Crippen LogP contribution >= 0.6 is 0 Å². The fourth-order valence-corrected chi connectivity index (χ4v) is 3.06. The van der Waals surface area contributed by atoms with Gasteiger partial charge in [-0.1, -0.05) is 18.2 Å². The molecular formula is C20H23N3O3. The second kappa shape index (κ2) is 6.71.